The second kappa shape index (κ2) is 12.6. The molecule has 1 aliphatic heterocycles. The first-order valence-electron chi connectivity index (χ1n) is 12.6. The van der Waals surface area contributed by atoms with Crippen LogP contribution in [0.1, 0.15) is 22.9 Å². The summed E-state index contributed by atoms with van der Waals surface area (Å²) in [7, 11) is 0. The van der Waals surface area contributed by atoms with Crippen LogP contribution in [0, 0.1) is 0 Å². The molecule has 196 valence electrons. The molecule has 0 saturated carbocycles. The average molecular weight is 514 g/mol. The first-order valence-corrected chi connectivity index (χ1v) is 12.6. The van der Waals surface area contributed by atoms with Crippen molar-refractivity contribution in [1.82, 2.24) is 9.55 Å². The maximum atomic E-state index is 12.8. The molecule has 1 saturated heterocycles. The van der Waals surface area contributed by atoms with Crippen molar-refractivity contribution in [2.24, 2.45) is 0 Å². The Balaban J connectivity index is 1.40. The Bertz CT molecular complexity index is 1330. The third-order valence-electron chi connectivity index (χ3n) is 6.38. The normalized spacial score (nSPS) is 20.9. The zero-order chi connectivity index (χ0) is 26.2. The number of hydrogen-bond acceptors (Lipinski definition) is 7. The number of nitrogen functional groups attached to an aromatic ring is 1. The van der Waals surface area contributed by atoms with E-state index in [1.54, 1.807) is 12.3 Å². The zero-order valence-corrected chi connectivity index (χ0v) is 21.0. The molecule has 38 heavy (non-hydrogen) atoms. The number of nitrogens with two attached hydrogens (primary N) is 1. The number of benzene rings is 3. The van der Waals surface area contributed by atoms with Gasteiger partial charge in [0.1, 0.15) is 24.1 Å². The lowest BCUT2D eigenvalue weighted by atomic mass is 10.1. The van der Waals surface area contributed by atoms with Crippen LogP contribution in [-0.4, -0.2) is 34.5 Å². The van der Waals surface area contributed by atoms with Crippen molar-refractivity contribution >= 4 is 5.82 Å². The quantitative estimate of drug-likeness (QED) is 0.322. The molecular formula is C30H31N3O5. The maximum Gasteiger partial charge on any atom is 0.351 e. The fourth-order valence-electron chi connectivity index (χ4n) is 4.47. The Morgan fingerprint density at radius 2 is 1.26 bits per heavy atom. The van der Waals surface area contributed by atoms with E-state index in [2.05, 4.69) is 4.98 Å². The van der Waals surface area contributed by atoms with Crippen molar-refractivity contribution in [1.29, 1.82) is 0 Å². The highest BCUT2D eigenvalue weighted by molar-refractivity contribution is 5.24. The first-order chi connectivity index (χ1) is 18.7. The average Bonchev–Trinajstić information content (AvgIpc) is 3.29. The van der Waals surface area contributed by atoms with Gasteiger partial charge in [-0.05, 0) is 22.8 Å². The molecule has 4 atom stereocenters. The van der Waals surface area contributed by atoms with Gasteiger partial charge in [0.15, 0.2) is 6.23 Å². The number of anilines is 1. The summed E-state index contributed by atoms with van der Waals surface area (Å²) in [6.45, 7) is 1.37. The van der Waals surface area contributed by atoms with Gasteiger partial charge in [-0.25, -0.2) is 4.79 Å². The summed E-state index contributed by atoms with van der Waals surface area (Å²) in [5.41, 5.74) is 8.30. The van der Waals surface area contributed by atoms with E-state index in [-0.39, 0.29) is 12.4 Å². The smallest absolute Gasteiger partial charge is 0.351 e. The van der Waals surface area contributed by atoms with Crippen molar-refractivity contribution in [3.63, 3.8) is 0 Å². The van der Waals surface area contributed by atoms with E-state index >= 15 is 0 Å². The van der Waals surface area contributed by atoms with Crippen molar-refractivity contribution in [2.75, 3.05) is 12.3 Å². The van der Waals surface area contributed by atoms with Crippen LogP contribution < -0.4 is 11.4 Å². The van der Waals surface area contributed by atoms with E-state index in [1.165, 1.54) is 4.57 Å². The maximum absolute atomic E-state index is 12.8. The number of hydrogen-bond donors (Lipinski definition) is 1. The first kappa shape index (κ1) is 25.8. The minimum Gasteiger partial charge on any atom is -0.383 e. The summed E-state index contributed by atoms with van der Waals surface area (Å²) >= 11 is 0. The highest BCUT2D eigenvalue weighted by Gasteiger charge is 2.48. The van der Waals surface area contributed by atoms with Gasteiger partial charge >= 0.3 is 5.69 Å². The Kier molecular flexibility index (Phi) is 8.57. The van der Waals surface area contributed by atoms with Crippen LogP contribution in [0.25, 0.3) is 0 Å². The van der Waals surface area contributed by atoms with Crippen LogP contribution in [0.2, 0.25) is 0 Å². The summed E-state index contributed by atoms with van der Waals surface area (Å²) in [5, 5.41) is 0. The second-order valence-electron chi connectivity index (χ2n) is 9.13. The Morgan fingerprint density at radius 3 is 1.82 bits per heavy atom. The van der Waals surface area contributed by atoms with Gasteiger partial charge in [0.05, 0.1) is 26.4 Å². The molecule has 0 aliphatic carbocycles. The molecule has 8 heteroatoms. The fourth-order valence-corrected chi connectivity index (χ4v) is 4.47. The van der Waals surface area contributed by atoms with Gasteiger partial charge in [0.25, 0.3) is 0 Å². The van der Waals surface area contributed by atoms with Crippen molar-refractivity contribution in [2.45, 2.75) is 44.4 Å². The molecule has 1 fully saturated rings. The van der Waals surface area contributed by atoms with Gasteiger partial charge in [-0.15, -0.1) is 0 Å². The van der Waals surface area contributed by atoms with E-state index in [4.69, 9.17) is 24.7 Å². The molecule has 0 radical (unpaired) electrons. The zero-order valence-electron chi connectivity index (χ0n) is 21.0. The topological polar surface area (TPSA) is 97.8 Å². The molecule has 0 spiro atoms. The van der Waals surface area contributed by atoms with Crippen LogP contribution in [0.5, 0.6) is 0 Å². The molecular weight excluding hydrogens is 482 g/mol. The van der Waals surface area contributed by atoms with Crippen molar-refractivity contribution in [3.8, 4) is 0 Å². The van der Waals surface area contributed by atoms with E-state index in [1.807, 2.05) is 91.0 Å². The lowest BCUT2D eigenvalue weighted by Crippen LogP contribution is -2.40. The molecule has 3 aromatic carbocycles. The largest absolute Gasteiger partial charge is 0.383 e. The summed E-state index contributed by atoms with van der Waals surface area (Å²) in [6, 6.07) is 31.2. The van der Waals surface area contributed by atoms with Gasteiger partial charge < -0.3 is 24.7 Å². The van der Waals surface area contributed by atoms with Gasteiger partial charge in [0.2, 0.25) is 0 Å². The highest BCUT2D eigenvalue weighted by atomic mass is 16.6. The summed E-state index contributed by atoms with van der Waals surface area (Å²) < 4.78 is 26.7. The van der Waals surface area contributed by atoms with Crippen molar-refractivity contribution in [3.05, 3.63) is 130 Å². The molecule has 0 unspecified atom stereocenters. The van der Waals surface area contributed by atoms with Crippen LogP contribution >= 0.6 is 0 Å². The third-order valence-corrected chi connectivity index (χ3v) is 6.38. The summed E-state index contributed by atoms with van der Waals surface area (Å²) in [6.07, 6.45) is -0.796. The Hall–Kier alpha value is -3.82. The minimum absolute atomic E-state index is 0.144. The monoisotopic (exact) mass is 513 g/mol. The Labute approximate surface area is 221 Å². The molecule has 8 nitrogen and oxygen atoms in total. The Morgan fingerprint density at radius 1 is 0.737 bits per heavy atom. The molecule has 0 amide bonds. The van der Waals surface area contributed by atoms with E-state index < -0.39 is 30.2 Å². The molecule has 1 aromatic heterocycles. The molecule has 0 bridgehead atoms. The lowest BCUT2D eigenvalue weighted by Gasteiger charge is -2.25. The van der Waals surface area contributed by atoms with E-state index in [9.17, 15) is 4.79 Å². The van der Waals surface area contributed by atoms with Crippen molar-refractivity contribution < 1.29 is 18.9 Å². The molecule has 5 rings (SSSR count). The molecule has 4 aromatic rings. The van der Waals surface area contributed by atoms with Crippen LogP contribution in [-0.2, 0) is 38.8 Å². The van der Waals surface area contributed by atoms with Gasteiger partial charge in [-0.2, -0.15) is 4.98 Å². The molecule has 1 aliphatic rings. The fraction of sp³-hybridized carbons (Fsp3) is 0.267. The predicted molar refractivity (Wildman–Crippen MR) is 143 cm³/mol. The highest BCUT2D eigenvalue weighted by Crippen LogP contribution is 2.34. The third kappa shape index (κ3) is 6.54. The number of aromatic nitrogens is 2. The van der Waals surface area contributed by atoms with Gasteiger partial charge in [-0.1, -0.05) is 91.0 Å². The SMILES string of the molecule is Nc1ccn([C@H]2O[C@@H](COCc3ccccc3)[C@H](OCc3ccccc3)[C@H]2OCc2ccccc2)c(=O)n1. The van der Waals surface area contributed by atoms with Gasteiger partial charge in [0, 0.05) is 6.20 Å². The lowest BCUT2D eigenvalue weighted by molar-refractivity contribution is -0.0921. The summed E-state index contributed by atoms with van der Waals surface area (Å²) in [4.78, 5) is 16.7. The number of ether oxygens (including phenoxy) is 4. The predicted octanol–water partition coefficient (Wildman–Crippen LogP) is 4.11. The van der Waals surface area contributed by atoms with Crippen LogP contribution in [0.3, 0.4) is 0 Å². The molecule has 2 heterocycles. The van der Waals surface area contributed by atoms with E-state index in [0.717, 1.165) is 16.7 Å². The second-order valence-corrected chi connectivity index (χ2v) is 9.13. The minimum atomic E-state index is -0.773. The summed E-state index contributed by atoms with van der Waals surface area (Å²) in [5.74, 6) is 0.144. The van der Waals surface area contributed by atoms with Gasteiger partial charge in [-0.3, -0.25) is 4.57 Å². The molecule has 2 N–H and O–H groups in total. The number of nitrogens with zero attached hydrogens (tertiary/aromatic N) is 2. The van der Waals surface area contributed by atoms with E-state index in [0.29, 0.717) is 19.8 Å². The standard InChI is InChI=1S/C30H31N3O5/c31-26-16-17-33(30(34)32-26)29-28(37-20-24-14-8-3-9-15-24)27(36-19-23-12-6-2-7-13-23)25(38-29)21-35-18-22-10-4-1-5-11-22/h1-17,25,27-29H,18-21H2,(H2,31,32,34)/t25-,27-,28+,29-/m0/s1. The number of rotatable bonds is 11. The van der Waals surface area contributed by atoms with Crippen LogP contribution in [0.4, 0.5) is 5.82 Å². The van der Waals surface area contributed by atoms with Crippen LogP contribution in [0.15, 0.2) is 108 Å².